The van der Waals surface area contributed by atoms with Gasteiger partial charge in [0.1, 0.15) is 15.4 Å². The minimum atomic E-state index is -3.70. The number of anilines is 1. The Morgan fingerprint density at radius 2 is 2.24 bits per heavy atom. The van der Waals surface area contributed by atoms with Crippen LogP contribution in [0, 0.1) is 0 Å². The van der Waals surface area contributed by atoms with Crippen molar-refractivity contribution in [2.45, 2.75) is 4.21 Å². The van der Waals surface area contributed by atoms with E-state index in [4.69, 9.17) is 9.47 Å². The second kappa shape index (κ2) is 7.16. The van der Waals surface area contributed by atoms with E-state index in [-0.39, 0.29) is 22.5 Å². The largest absolute Gasteiger partial charge is 0.473 e. The molecule has 0 aliphatic heterocycles. The van der Waals surface area contributed by atoms with E-state index in [2.05, 4.69) is 30.6 Å². The molecular weight excluding hydrogens is 382 g/mol. The topological polar surface area (TPSA) is 90.4 Å². The van der Waals surface area contributed by atoms with E-state index in [0.717, 1.165) is 11.3 Å². The van der Waals surface area contributed by atoms with Gasteiger partial charge in [-0.2, -0.15) is 0 Å². The number of sulfonamides is 1. The van der Waals surface area contributed by atoms with Crippen LogP contribution in [0.3, 0.4) is 0 Å². The first-order valence-electron chi connectivity index (χ1n) is 5.73. The second-order valence-electron chi connectivity index (χ2n) is 3.73. The zero-order valence-corrected chi connectivity index (χ0v) is 14.2. The number of halogens is 1. The van der Waals surface area contributed by atoms with Crippen molar-refractivity contribution >= 4 is 43.1 Å². The van der Waals surface area contributed by atoms with Crippen LogP contribution in [0.4, 0.5) is 5.82 Å². The second-order valence-corrected chi connectivity index (χ2v) is 7.39. The molecular formula is C11H12BrN3O4S2. The molecule has 2 aromatic rings. The fourth-order valence-corrected chi connectivity index (χ4v) is 3.60. The van der Waals surface area contributed by atoms with Gasteiger partial charge in [-0.15, -0.1) is 11.3 Å². The Kier molecular flexibility index (Phi) is 5.51. The first kappa shape index (κ1) is 16.1. The van der Waals surface area contributed by atoms with Crippen molar-refractivity contribution in [1.82, 2.24) is 9.97 Å². The van der Waals surface area contributed by atoms with E-state index in [9.17, 15) is 8.42 Å². The van der Waals surface area contributed by atoms with Crippen LogP contribution in [0.25, 0.3) is 0 Å². The predicted molar refractivity (Wildman–Crippen MR) is 82.2 cm³/mol. The average Bonchev–Trinajstić information content (AvgIpc) is 2.97. The molecule has 114 valence electrons. The summed E-state index contributed by atoms with van der Waals surface area (Å²) in [5.74, 6) is 0.115. The van der Waals surface area contributed by atoms with E-state index in [1.165, 1.54) is 19.4 Å². The Morgan fingerprint density at radius 1 is 1.43 bits per heavy atom. The molecule has 0 aromatic carbocycles. The molecule has 0 atom stereocenters. The molecule has 1 N–H and O–H groups in total. The number of aromatic nitrogens is 2. The number of methoxy groups -OCH3 is 1. The number of ether oxygens (including phenoxy) is 2. The summed E-state index contributed by atoms with van der Waals surface area (Å²) < 4.78 is 37.6. The lowest BCUT2D eigenvalue weighted by atomic mass is 10.6. The molecule has 0 saturated carbocycles. The molecule has 2 heterocycles. The van der Waals surface area contributed by atoms with Gasteiger partial charge in [-0.3, -0.25) is 4.72 Å². The van der Waals surface area contributed by atoms with Gasteiger partial charge >= 0.3 is 0 Å². The Labute approximate surface area is 134 Å². The summed E-state index contributed by atoms with van der Waals surface area (Å²) in [6.07, 6.45) is 1.38. The standard InChI is InChI=1S/C11H12BrN3O4S2/c1-18-4-5-19-11-10(13-7-8(12)14-11)15-21(16,17)9-3-2-6-20-9/h2-3,6-7H,4-5H2,1H3,(H,13,15). The fraction of sp³-hybridized carbons (Fsp3) is 0.273. The molecule has 0 radical (unpaired) electrons. The van der Waals surface area contributed by atoms with Crippen LogP contribution in [-0.2, 0) is 14.8 Å². The summed E-state index contributed by atoms with van der Waals surface area (Å²) in [6.45, 7) is 0.584. The molecule has 0 bridgehead atoms. The molecule has 0 amide bonds. The first-order chi connectivity index (χ1) is 10.0. The molecule has 0 aliphatic rings. The fourth-order valence-electron chi connectivity index (χ4n) is 1.34. The Morgan fingerprint density at radius 3 is 2.90 bits per heavy atom. The smallest absolute Gasteiger partial charge is 0.272 e. The van der Waals surface area contributed by atoms with Crippen LogP contribution in [0.1, 0.15) is 0 Å². The van der Waals surface area contributed by atoms with E-state index in [1.807, 2.05) is 0 Å². The molecule has 0 aliphatic carbocycles. The summed E-state index contributed by atoms with van der Waals surface area (Å²) >= 11 is 4.27. The number of hydrogen-bond acceptors (Lipinski definition) is 7. The number of thiophene rings is 1. The first-order valence-corrected chi connectivity index (χ1v) is 8.89. The zero-order valence-electron chi connectivity index (χ0n) is 10.9. The summed E-state index contributed by atoms with van der Waals surface area (Å²) in [7, 11) is -2.16. The number of nitrogens with zero attached hydrogens (tertiary/aromatic N) is 2. The minimum Gasteiger partial charge on any atom is -0.473 e. The normalized spacial score (nSPS) is 11.3. The van der Waals surface area contributed by atoms with E-state index >= 15 is 0 Å². The molecule has 0 unspecified atom stereocenters. The summed E-state index contributed by atoms with van der Waals surface area (Å²) in [6, 6.07) is 3.16. The van der Waals surface area contributed by atoms with Crippen molar-refractivity contribution in [3.63, 3.8) is 0 Å². The SMILES string of the molecule is COCCOc1nc(Br)cnc1NS(=O)(=O)c1cccs1. The Hall–Kier alpha value is -1.23. The minimum absolute atomic E-state index is 0.0303. The van der Waals surface area contributed by atoms with Gasteiger partial charge in [0, 0.05) is 7.11 Å². The molecule has 0 fully saturated rings. The molecule has 10 heteroatoms. The monoisotopic (exact) mass is 393 g/mol. The lowest BCUT2D eigenvalue weighted by Crippen LogP contribution is -2.15. The van der Waals surface area contributed by atoms with E-state index < -0.39 is 10.0 Å². The van der Waals surface area contributed by atoms with Gasteiger partial charge in [-0.25, -0.2) is 18.4 Å². The van der Waals surface area contributed by atoms with Gasteiger partial charge in [0.05, 0.1) is 12.8 Å². The van der Waals surface area contributed by atoms with Crippen LogP contribution < -0.4 is 9.46 Å². The summed E-state index contributed by atoms with van der Waals surface area (Å²) in [5.41, 5.74) is 0. The van der Waals surface area contributed by atoms with Gasteiger partial charge < -0.3 is 9.47 Å². The quantitative estimate of drug-likeness (QED) is 0.724. The Balaban J connectivity index is 2.23. The number of hydrogen-bond donors (Lipinski definition) is 1. The van der Waals surface area contributed by atoms with Gasteiger partial charge in [0.15, 0.2) is 0 Å². The molecule has 0 spiro atoms. The van der Waals surface area contributed by atoms with Crippen molar-refractivity contribution < 1.29 is 17.9 Å². The van der Waals surface area contributed by atoms with Gasteiger partial charge in [-0.1, -0.05) is 6.07 Å². The van der Waals surface area contributed by atoms with Gasteiger partial charge in [-0.05, 0) is 27.4 Å². The van der Waals surface area contributed by atoms with Crippen molar-refractivity contribution in [3.8, 4) is 5.88 Å². The molecule has 0 saturated heterocycles. The van der Waals surface area contributed by atoms with Crippen molar-refractivity contribution in [1.29, 1.82) is 0 Å². The van der Waals surface area contributed by atoms with Crippen LogP contribution in [0.15, 0.2) is 32.5 Å². The maximum atomic E-state index is 12.2. The highest BCUT2D eigenvalue weighted by atomic mass is 79.9. The lowest BCUT2D eigenvalue weighted by Gasteiger charge is -2.11. The van der Waals surface area contributed by atoms with Gasteiger partial charge in [0.25, 0.3) is 15.9 Å². The van der Waals surface area contributed by atoms with Crippen LogP contribution in [0.2, 0.25) is 0 Å². The van der Waals surface area contributed by atoms with E-state index in [0.29, 0.717) is 11.2 Å². The van der Waals surface area contributed by atoms with Crippen LogP contribution in [-0.4, -0.2) is 38.7 Å². The van der Waals surface area contributed by atoms with Crippen molar-refractivity contribution in [3.05, 3.63) is 28.3 Å². The predicted octanol–water partition coefficient (Wildman–Crippen LogP) is 2.13. The van der Waals surface area contributed by atoms with Gasteiger partial charge in [0.2, 0.25) is 5.82 Å². The lowest BCUT2D eigenvalue weighted by molar-refractivity contribution is 0.144. The summed E-state index contributed by atoms with van der Waals surface area (Å²) in [5, 5.41) is 1.68. The highest BCUT2D eigenvalue weighted by Gasteiger charge is 2.19. The molecule has 21 heavy (non-hydrogen) atoms. The highest BCUT2D eigenvalue weighted by molar-refractivity contribution is 9.10. The maximum absolute atomic E-state index is 12.2. The third-order valence-corrected chi connectivity index (χ3v) is 5.35. The third-order valence-electron chi connectivity index (χ3n) is 2.23. The third kappa shape index (κ3) is 4.37. The molecule has 7 nitrogen and oxygen atoms in total. The van der Waals surface area contributed by atoms with Crippen LogP contribution >= 0.6 is 27.3 Å². The van der Waals surface area contributed by atoms with Crippen molar-refractivity contribution in [2.75, 3.05) is 25.0 Å². The summed E-state index contributed by atoms with van der Waals surface area (Å²) in [4.78, 5) is 8.05. The molecule has 2 aromatic heterocycles. The molecule has 2 rings (SSSR count). The van der Waals surface area contributed by atoms with E-state index in [1.54, 1.807) is 11.4 Å². The number of nitrogens with one attached hydrogen (secondary N) is 1. The maximum Gasteiger partial charge on any atom is 0.272 e. The highest BCUT2D eigenvalue weighted by Crippen LogP contribution is 2.25. The number of rotatable bonds is 7. The van der Waals surface area contributed by atoms with Crippen molar-refractivity contribution in [2.24, 2.45) is 0 Å². The average molecular weight is 394 g/mol. The van der Waals surface area contributed by atoms with Crippen LogP contribution in [0.5, 0.6) is 5.88 Å². The zero-order chi connectivity index (χ0) is 15.3. The Bertz CT molecular complexity index is 691.